The van der Waals surface area contributed by atoms with Crippen LogP contribution in [0.4, 0.5) is 0 Å². The zero-order valence-electron chi connectivity index (χ0n) is 11.8. The third kappa shape index (κ3) is 6.32. The molecule has 0 spiro atoms. The van der Waals surface area contributed by atoms with E-state index in [1.165, 1.54) is 13.5 Å². The van der Waals surface area contributed by atoms with Crippen molar-refractivity contribution < 1.29 is 9.53 Å². The van der Waals surface area contributed by atoms with Crippen molar-refractivity contribution in [3.05, 3.63) is 0 Å². The van der Waals surface area contributed by atoms with Gasteiger partial charge < -0.3 is 10.1 Å². The van der Waals surface area contributed by atoms with E-state index in [0.717, 1.165) is 25.1 Å². The molecule has 0 saturated carbocycles. The van der Waals surface area contributed by atoms with Crippen LogP contribution < -0.4 is 5.32 Å². The number of thioether (sulfide) groups is 1. The Morgan fingerprint density at radius 2 is 2.12 bits per heavy atom. The van der Waals surface area contributed by atoms with E-state index in [1.807, 2.05) is 25.6 Å². The second-order valence-corrected chi connectivity index (χ2v) is 6.09. The number of methoxy groups -OCH3 is 1. The van der Waals surface area contributed by atoms with Gasteiger partial charge in [-0.05, 0) is 38.5 Å². The van der Waals surface area contributed by atoms with Gasteiger partial charge in [0, 0.05) is 5.25 Å². The van der Waals surface area contributed by atoms with Gasteiger partial charge in [0.05, 0.1) is 7.11 Å². The van der Waals surface area contributed by atoms with Crippen molar-refractivity contribution in [2.75, 3.05) is 19.4 Å². The maximum Gasteiger partial charge on any atom is 0.325 e. The first-order chi connectivity index (χ1) is 8.00. The molecule has 0 amide bonds. The maximum atomic E-state index is 11.7. The van der Waals surface area contributed by atoms with E-state index >= 15 is 0 Å². The predicted molar refractivity (Wildman–Crippen MR) is 75.5 cm³/mol. The minimum atomic E-state index is -0.528. The van der Waals surface area contributed by atoms with Crippen molar-refractivity contribution >= 4 is 17.7 Å². The fourth-order valence-electron chi connectivity index (χ4n) is 1.71. The van der Waals surface area contributed by atoms with Crippen molar-refractivity contribution in [2.45, 2.75) is 57.7 Å². The van der Waals surface area contributed by atoms with Gasteiger partial charge in [0.15, 0.2) is 0 Å². The van der Waals surface area contributed by atoms with Gasteiger partial charge >= 0.3 is 5.97 Å². The van der Waals surface area contributed by atoms with Crippen LogP contribution in [0.2, 0.25) is 0 Å². The van der Waals surface area contributed by atoms with Crippen molar-refractivity contribution in [3.8, 4) is 0 Å². The predicted octanol–water partition coefficient (Wildman–Crippen LogP) is 2.84. The van der Waals surface area contributed by atoms with E-state index in [2.05, 4.69) is 19.2 Å². The molecule has 2 unspecified atom stereocenters. The summed E-state index contributed by atoms with van der Waals surface area (Å²) in [5, 5.41) is 3.93. The summed E-state index contributed by atoms with van der Waals surface area (Å²) in [5.41, 5.74) is -0.528. The first-order valence-corrected chi connectivity index (χ1v) is 7.50. The lowest BCUT2D eigenvalue weighted by molar-refractivity contribution is -0.148. The van der Waals surface area contributed by atoms with Gasteiger partial charge in [-0.3, -0.25) is 4.79 Å². The number of nitrogens with one attached hydrogen (secondary N) is 1. The van der Waals surface area contributed by atoms with Gasteiger partial charge in [0.25, 0.3) is 0 Å². The molecule has 0 saturated heterocycles. The molecule has 1 N–H and O–H groups in total. The maximum absolute atomic E-state index is 11.7. The molecule has 0 aromatic rings. The highest BCUT2D eigenvalue weighted by Gasteiger charge is 2.32. The quantitative estimate of drug-likeness (QED) is 0.511. The molecule has 0 aliphatic carbocycles. The van der Waals surface area contributed by atoms with Crippen LogP contribution in [0.1, 0.15) is 47.0 Å². The Morgan fingerprint density at radius 3 is 2.59 bits per heavy atom. The number of carbonyl (C=O) groups excluding carboxylic acids is 1. The van der Waals surface area contributed by atoms with Crippen LogP contribution in [0, 0.1) is 0 Å². The summed E-state index contributed by atoms with van der Waals surface area (Å²) >= 11 is 1.97. The third-order valence-electron chi connectivity index (χ3n) is 3.00. The first kappa shape index (κ1) is 16.8. The minimum Gasteiger partial charge on any atom is -0.468 e. The summed E-state index contributed by atoms with van der Waals surface area (Å²) in [4.78, 5) is 11.7. The summed E-state index contributed by atoms with van der Waals surface area (Å²) in [6.45, 7) is 9.17. The standard InChI is InChI=1S/C13H27NO2S/c1-6-11(3)17-10-8-9-13(4,14-7-2)12(15)16-5/h11,14H,6-10H2,1-5H3. The second kappa shape index (κ2) is 8.81. The van der Waals surface area contributed by atoms with E-state index in [0.29, 0.717) is 5.25 Å². The van der Waals surface area contributed by atoms with Gasteiger partial charge in [-0.25, -0.2) is 0 Å². The summed E-state index contributed by atoms with van der Waals surface area (Å²) in [6.07, 6.45) is 3.07. The molecule has 0 aromatic heterocycles. The molecule has 0 heterocycles. The Kier molecular flexibility index (Phi) is 8.70. The minimum absolute atomic E-state index is 0.159. The molecule has 0 aromatic carbocycles. The van der Waals surface area contributed by atoms with E-state index < -0.39 is 5.54 Å². The topological polar surface area (TPSA) is 38.3 Å². The lowest BCUT2D eigenvalue weighted by Gasteiger charge is -2.27. The Hall–Kier alpha value is -0.220. The molecule has 17 heavy (non-hydrogen) atoms. The normalized spacial score (nSPS) is 16.3. The molecule has 0 rings (SSSR count). The zero-order chi connectivity index (χ0) is 13.3. The molecule has 0 aliphatic rings. The van der Waals surface area contributed by atoms with Crippen LogP contribution in [-0.4, -0.2) is 36.2 Å². The molecule has 4 heteroatoms. The number of likely N-dealkylation sites (N-methyl/N-ethyl adjacent to an activating group) is 1. The van der Waals surface area contributed by atoms with E-state index in [1.54, 1.807) is 0 Å². The van der Waals surface area contributed by atoms with Crippen LogP contribution in [0.25, 0.3) is 0 Å². The molecule has 0 aliphatic heterocycles. The highest BCUT2D eigenvalue weighted by atomic mass is 32.2. The van der Waals surface area contributed by atoms with Crippen molar-refractivity contribution in [1.29, 1.82) is 0 Å². The fourth-order valence-corrected chi connectivity index (χ4v) is 2.66. The molecular formula is C13H27NO2S. The fraction of sp³-hybridized carbons (Fsp3) is 0.923. The molecule has 3 nitrogen and oxygen atoms in total. The number of hydrogen-bond donors (Lipinski definition) is 1. The molecule has 0 fully saturated rings. The number of ether oxygens (including phenoxy) is 1. The third-order valence-corrected chi connectivity index (χ3v) is 4.43. The molecule has 0 radical (unpaired) electrons. The summed E-state index contributed by atoms with van der Waals surface area (Å²) < 4.78 is 4.86. The van der Waals surface area contributed by atoms with Crippen molar-refractivity contribution in [2.24, 2.45) is 0 Å². The monoisotopic (exact) mass is 261 g/mol. The van der Waals surface area contributed by atoms with Crippen LogP contribution in [0.3, 0.4) is 0 Å². The van der Waals surface area contributed by atoms with Crippen LogP contribution in [0.5, 0.6) is 0 Å². The lowest BCUT2D eigenvalue weighted by Crippen LogP contribution is -2.50. The van der Waals surface area contributed by atoms with E-state index in [4.69, 9.17) is 4.74 Å². The molecule has 0 bridgehead atoms. The van der Waals surface area contributed by atoms with Gasteiger partial charge in [-0.1, -0.05) is 20.8 Å². The van der Waals surface area contributed by atoms with Crippen molar-refractivity contribution in [3.63, 3.8) is 0 Å². The van der Waals surface area contributed by atoms with Gasteiger partial charge in [0.2, 0.25) is 0 Å². The zero-order valence-corrected chi connectivity index (χ0v) is 12.7. The number of rotatable bonds is 9. The van der Waals surface area contributed by atoms with E-state index in [9.17, 15) is 4.79 Å². The van der Waals surface area contributed by atoms with Crippen LogP contribution in [-0.2, 0) is 9.53 Å². The average Bonchev–Trinajstić information content (AvgIpc) is 2.33. The smallest absolute Gasteiger partial charge is 0.325 e. The summed E-state index contributed by atoms with van der Waals surface area (Å²) in [6, 6.07) is 0. The number of hydrogen-bond acceptors (Lipinski definition) is 4. The highest BCUT2D eigenvalue weighted by Crippen LogP contribution is 2.20. The van der Waals surface area contributed by atoms with Gasteiger partial charge in [-0.2, -0.15) is 11.8 Å². The van der Waals surface area contributed by atoms with Crippen LogP contribution in [0.15, 0.2) is 0 Å². The Balaban J connectivity index is 4.05. The first-order valence-electron chi connectivity index (χ1n) is 6.45. The number of esters is 1. The summed E-state index contributed by atoms with van der Waals surface area (Å²) in [5.74, 6) is 0.945. The Bertz CT molecular complexity index is 223. The highest BCUT2D eigenvalue weighted by molar-refractivity contribution is 7.99. The Labute approximate surface area is 110 Å². The Morgan fingerprint density at radius 1 is 1.47 bits per heavy atom. The van der Waals surface area contributed by atoms with Gasteiger partial charge in [0.1, 0.15) is 5.54 Å². The number of carbonyl (C=O) groups is 1. The second-order valence-electron chi connectivity index (χ2n) is 4.55. The largest absolute Gasteiger partial charge is 0.468 e. The molecule has 2 atom stereocenters. The van der Waals surface area contributed by atoms with Gasteiger partial charge in [-0.15, -0.1) is 0 Å². The SMILES string of the molecule is CCNC(C)(CCCSC(C)CC)C(=O)OC. The average molecular weight is 261 g/mol. The van der Waals surface area contributed by atoms with Crippen molar-refractivity contribution in [1.82, 2.24) is 5.32 Å². The molecule has 102 valence electrons. The summed E-state index contributed by atoms with van der Waals surface area (Å²) in [7, 11) is 1.45. The van der Waals surface area contributed by atoms with E-state index in [-0.39, 0.29) is 5.97 Å². The molecular weight excluding hydrogens is 234 g/mol. The van der Waals surface area contributed by atoms with Crippen LogP contribution >= 0.6 is 11.8 Å². The lowest BCUT2D eigenvalue weighted by atomic mass is 9.96.